The molecule has 1 heterocycles. The van der Waals surface area contributed by atoms with Crippen molar-refractivity contribution in [3.05, 3.63) is 65.2 Å². The third kappa shape index (κ3) is 5.79. The van der Waals surface area contributed by atoms with Crippen molar-refractivity contribution in [2.75, 3.05) is 38.1 Å². The van der Waals surface area contributed by atoms with Crippen LogP contribution in [0.3, 0.4) is 0 Å². The van der Waals surface area contributed by atoms with Gasteiger partial charge in [-0.15, -0.1) is 0 Å². The van der Waals surface area contributed by atoms with Crippen molar-refractivity contribution in [2.24, 2.45) is 0 Å². The lowest BCUT2D eigenvalue weighted by atomic mass is 10.1. The molecule has 142 valence electrons. The average Bonchev–Trinajstić information content (AvgIpc) is 2.69. The zero-order valence-corrected chi connectivity index (χ0v) is 15.6. The predicted octanol–water partition coefficient (Wildman–Crippen LogP) is 2.47. The van der Waals surface area contributed by atoms with E-state index in [9.17, 15) is 9.59 Å². The van der Waals surface area contributed by atoms with Crippen LogP contribution in [0, 0.1) is 0 Å². The van der Waals surface area contributed by atoms with Gasteiger partial charge in [0, 0.05) is 36.9 Å². The molecule has 0 radical (unpaired) electrons. The monoisotopic (exact) mass is 387 g/mol. The number of carbonyl (C=O) groups excluding carboxylic acids is 2. The van der Waals surface area contributed by atoms with Crippen LogP contribution in [0.1, 0.15) is 11.7 Å². The molecule has 1 saturated heterocycles. The summed E-state index contributed by atoms with van der Waals surface area (Å²) < 4.78 is 5.83. The molecule has 6 nitrogen and oxygen atoms in total. The fourth-order valence-electron chi connectivity index (χ4n) is 2.94. The first-order valence-corrected chi connectivity index (χ1v) is 9.23. The number of nitrogens with one attached hydrogen (secondary N) is 2. The SMILES string of the molecule is O=C(NCCN1CCOC(c2ccccc2)C1)C(=O)Nc1cccc(Cl)c1. The molecule has 2 amide bonds. The smallest absolute Gasteiger partial charge is 0.313 e. The van der Waals surface area contributed by atoms with Crippen LogP contribution in [0.25, 0.3) is 0 Å². The van der Waals surface area contributed by atoms with Gasteiger partial charge < -0.3 is 15.4 Å². The van der Waals surface area contributed by atoms with Crippen LogP contribution >= 0.6 is 11.6 Å². The Kier molecular flexibility index (Phi) is 6.81. The summed E-state index contributed by atoms with van der Waals surface area (Å²) in [4.78, 5) is 26.1. The highest BCUT2D eigenvalue weighted by molar-refractivity contribution is 6.39. The van der Waals surface area contributed by atoms with Gasteiger partial charge in [-0.25, -0.2) is 0 Å². The van der Waals surface area contributed by atoms with Crippen LogP contribution in [0.15, 0.2) is 54.6 Å². The number of amides is 2. The molecule has 0 aromatic heterocycles. The van der Waals surface area contributed by atoms with E-state index in [4.69, 9.17) is 16.3 Å². The molecule has 3 rings (SSSR count). The third-order valence-electron chi connectivity index (χ3n) is 4.32. The van der Waals surface area contributed by atoms with E-state index < -0.39 is 11.8 Å². The van der Waals surface area contributed by atoms with Crippen molar-refractivity contribution in [2.45, 2.75) is 6.10 Å². The van der Waals surface area contributed by atoms with Crippen molar-refractivity contribution in [3.8, 4) is 0 Å². The van der Waals surface area contributed by atoms with Gasteiger partial charge in [0.05, 0.1) is 12.7 Å². The highest BCUT2D eigenvalue weighted by atomic mass is 35.5. The fourth-order valence-corrected chi connectivity index (χ4v) is 3.13. The fraction of sp³-hybridized carbons (Fsp3) is 0.300. The standard InChI is InChI=1S/C20H22ClN3O3/c21-16-7-4-8-17(13-16)23-20(26)19(25)22-9-10-24-11-12-27-18(14-24)15-5-2-1-3-6-15/h1-8,13,18H,9-12,14H2,(H,22,25)(H,23,26). The van der Waals surface area contributed by atoms with Crippen molar-refractivity contribution in [1.82, 2.24) is 10.2 Å². The van der Waals surface area contributed by atoms with Crippen molar-refractivity contribution < 1.29 is 14.3 Å². The van der Waals surface area contributed by atoms with Crippen LogP contribution in [0.2, 0.25) is 5.02 Å². The predicted molar refractivity (Wildman–Crippen MR) is 105 cm³/mol. The number of carbonyl (C=O) groups is 2. The normalized spacial score (nSPS) is 17.3. The van der Waals surface area contributed by atoms with Crippen LogP contribution in [0.5, 0.6) is 0 Å². The summed E-state index contributed by atoms with van der Waals surface area (Å²) in [5.74, 6) is -1.37. The maximum Gasteiger partial charge on any atom is 0.313 e. The van der Waals surface area contributed by atoms with E-state index in [0.717, 1.165) is 18.7 Å². The Balaban J connectivity index is 1.42. The van der Waals surface area contributed by atoms with Crippen LogP contribution < -0.4 is 10.6 Å². The summed E-state index contributed by atoms with van der Waals surface area (Å²) in [5, 5.41) is 5.68. The highest BCUT2D eigenvalue weighted by Crippen LogP contribution is 2.21. The molecule has 0 aliphatic carbocycles. The van der Waals surface area contributed by atoms with Gasteiger partial charge in [-0.2, -0.15) is 0 Å². The van der Waals surface area contributed by atoms with Gasteiger partial charge in [-0.05, 0) is 23.8 Å². The highest BCUT2D eigenvalue weighted by Gasteiger charge is 2.22. The maximum absolute atomic E-state index is 12.0. The number of rotatable bonds is 5. The number of morpholine rings is 1. The molecule has 0 saturated carbocycles. The number of ether oxygens (including phenoxy) is 1. The van der Waals surface area contributed by atoms with Crippen LogP contribution in [-0.2, 0) is 14.3 Å². The lowest BCUT2D eigenvalue weighted by Gasteiger charge is -2.33. The molecule has 2 aromatic rings. The van der Waals surface area contributed by atoms with E-state index in [1.54, 1.807) is 24.3 Å². The first-order chi connectivity index (χ1) is 13.1. The molecule has 1 unspecified atom stereocenters. The molecule has 2 aromatic carbocycles. The Morgan fingerprint density at radius 1 is 1.11 bits per heavy atom. The van der Waals surface area contributed by atoms with Crippen molar-refractivity contribution in [1.29, 1.82) is 0 Å². The van der Waals surface area contributed by atoms with E-state index >= 15 is 0 Å². The van der Waals surface area contributed by atoms with E-state index in [2.05, 4.69) is 27.7 Å². The van der Waals surface area contributed by atoms with Crippen molar-refractivity contribution >= 4 is 29.1 Å². The Morgan fingerprint density at radius 3 is 2.70 bits per heavy atom. The van der Waals surface area contributed by atoms with Gasteiger partial charge in [0.25, 0.3) is 0 Å². The molecule has 7 heteroatoms. The van der Waals surface area contributed by atoms with Gasteiger partial charge >= 0.3 is 11.8 Å². The maximum atomic E-state index is 12.0. The third-order valence-corrected chi connectivity index (χ3v) is 4.56. The van der Waals surface area contributed by atoms with Gasteiger partial charge in [-0.1, -0.05) is 48.0 Å². The van der Waals surface area contributed by atoms with Gasteiger partial charge in [-0.3, -0.25) is 14.5 Å². The molecule has 1 fully saturated rings. The Bertz CT molecular complexity index is 785. The zero-order valence-electron chi connectivity index (χ0n) is 14.9. The van der Waals surface area contributed by atoms with Gasteiger partial charge in [0.2, 0.25) is 0 Å². The molecule has 1 aliphatic rings. The Labute approximate surface area is 163 Å². The zero-order chi connectivity index (χ0) is 19.1. The summed E-state index contributed by atoms with van der Waals surface area (Å²) in [6.45, 7) is 3.25. The molecule has 1 aliphatic heterocycles. The summed E-state index contributed by atoms with van der Waals surface area (Å²) in [5.41, 5.74) is 1.63. The summed E-state index contributed by atoms with van der Waals surface area (Å²) in [6, 6.07) is 16.7. The largest absolute Gasteiger partial charge is 0.371 e. The number of halogens is 1. The first kappa shape index (κ1) is 19.4. The number of nitrogens with zero attached hydrogens (tertiary/aromatic N) is 1. The van der Waals surface area contributed by atoms with E-state index in [-0.39, 0.29) is 6.10 Å². The lowest BCUT2D eigenvalue weighted by Crippen LogP contribution is -2.44. The second-order valence-electron chi connectivity index (χ2n) is 6.29. The summed E-state index contributed by atoms with van der Waals surface area (Å²) >= 11 is 5.87. The van der Waals surface area contributed by atoms with Crippen LogP contribution in [-0.4, -0.2) is 49.5 Å². The van der Waals surface area contributed by atoms with Crippen molar-refractivity contribution in [3.63, 3.8) is 0 Å². The van der Waals surface area contributed by atoms with Gasteiger partial charge in [0.15, 0.2) is 0 Å². The summed E-state index contributed by atoms with van der Waals surface area (Å²) in [6.07, 6.45) is 0.0294. The minimum atomic E-state index is -0.707. The molecule has 27 heavy (non-hydrogen) atoms. The number of hydrogen-bond acceptors (Lipinski definition) is 4. The first-order valence-electron chi connectivity index (χ1n) is 8.85. The Hall–Kier alpha value is -2.41. The lowest BCUT2D eigenvalue weighted by molar-refractivity contribution is -0.136. The molecule has 1 atom stereocenters. The Morgan fingerprint density at radius 2 is 1.93 bits per heavy atom. The molecular weight excluding hydrogens is 366 g/mol. The van der Waals surface area contributed by atoms with E-state index in [1.165, 1.54) is 0 Å². The number of anilines is 1. The quantitative estimate of drug-likeness (QED) is 0.773. The molecule has 2 N–H and O–H groups in total. The van der Waals surface area contributed by atoms with E-state index in [1.807, 2.05) is 18.2 Å². The second kappa shape index (κ2) is 9.50. The molecular formula is C20H22ClN3O3. The van der Waals surface area contributed by atoms with E-state index in [0.29, 0.717) is 30.4 Å². The number of hydrogen-bond donors (Lipinski definition) is 2. The number of benzene rings is 2. The van der Waals surface area contributed by atoms with Crippen LogP contribution in [0.4, 0.5) is 5.69 Å². The minimum Gasteiger partial charge on any atom is -0.371 e. The minimum absolute atomic E-state index is 0.0294. The second-order valence-corrected chi connectivity index (χ2v) is 6.73. The molecule has 0 spiro atoms. The molecule has 0 bridgehead atoms. The van der Waals surface area contributed by atoms with Gasteiger partial charge in [0.1, 0.15) is 0 Å². The summed E-state index contributed by atoms with van der Waals surface area (Å²) in [7, 11) is 0. The average molecular weight is 388 g/mol. The topological polar surface area (TPSA) is 70.7 Å².